The van der Waals surface area contributed by atoms with Crippen molar-refractivity contribution >= 4 is 17.7 Å². The smallest absolute Gasteiger partial charge is 0.191 e. The number of nitrogens with one attached hydrogen (secondary N) is 2. The molecule has 2 heterocycles. The Bertz CT molecular complexity index is 751. The molecule has 0 bridgehead atoms. The van der Waals surface area contributed by atoms with Crippen molar-refractivity contribution in [2.24, 2.45) is 10.9 Å². The second-order valence-corrected chi connectivity index (χ2v) is 8.21. The third-order valence-electron chi connectivity index (χ3n) is 4.22. The largest absolute Gasteiger partial charge is 0.359 e. The van der Waals surface area contributed by atoms with Gasteiger partial charge in [0.05, 0.1) is 12.2 Å². The standard InChI is InChI=1S/C19H33N7OS/c1-13(2)12-26-17(23-24-19(26)28-6)8-7-9-21-18(20-5)22-11-15-10-16(14(3)4)25-27-15/h10,13-14H,7-9,11-12H2,1-6H3,(H2,20,21,22). The van der Waals surface area contributed by atoms with E-state index >= 15 is 0 Å². The lowest BCUT2D eigenvalue weighted by Crippen LogP contribution is -2.37. The minimum Gasteiger partial charge on any atom is -0.359 e. The van der Waals surface area contributed by atoms with Crippen LogP contribution in [0.5, 0.6) is 0 Å². The number of rotatable bonds is 10. The van der Waals surface area contributed by atoms with Crippen molar-refractivity contribution in [2.75, 3.05) is 19.8 Å². The van der Waals surface area contributed by atoms with E-state index in [9.17, 15) is 0 Å². The van der Waals surface area contributed by atoms with Crippen molar-refractivity contribution in [1.29, 1.82) is 0 Å². The molecule has 0 aromatic carbocycles. The van der Waals surface area contributed by atoms with E-state index in [2.05, 4.69) is 63.2 Å². The summed E-state index contributed by atoms with van der Waals surface area (Å²) in [5, 5.41) is 20.3. The van der Waals surface area contributed by atoms with Crippen LogP contribution in [-0.4, -0.2) is 45.7 Å². The highest BCUT2D eigenvalue weighted by atomic mass is 32.2. The normalized spacial score (nSPS) is 12.2. The summed E-state index contributed by atoms with van der Waals surface area (Å²) in [4.78, 5) is 4.26. The van der Waals surface area contributed by atoms with E-state index in [-0.39, 0.29) is 0 Å². The number of hydrogen-bond donors (Lipinski definition) is 2. The minimum absolute atomic E-state index is 0.360. The molecule has 9 heteroatoms. The fourth-order valence-corrected chi connectivity index (χ4v) is 3.26. The van der Waals surface area contributed by atoms with Crippen molar-refractivity contribution in [3.8, 4) is 0 Å². The summed E-state index contributed by atoms with van der Waals surface area (Å²) in [6.07, 6.45) is 3.87. The zero-order chi connectivity index (χ0) is 20.5. The maximum atomic E-state index is 5.35. The van der Waals surface area contributed by atoms with Gasteiger partial charge in [-0.25, -0.2) is 0 Å². The highest BCUT2D eigenvalue weighted by molar-refractivity contribution is 7.98. The van der Waals surface area contributed by atoms with Crippen LogP contribution < -0.4 is 10.6 Å². The van der Waals surface area contributed by atoms with Crippen molar-refractivity contribution in [3.05, 3.63) is 23.3 Å². The molecule has 0 amide bonds. The number of aryl methyl sites for hydroxylation is 1. The van der Waals surface area contributed by atoms with Gasteiger partial charge in [-0.15, -0.1) is 10.2 Å². The van der Waals surface area contributed by atoms with E-state index in [1.54, 1.807) is 18.8 Å². The number of nitrogens with zero attached hydrogens (tertiary/aromatic N) is 5. The first kappa shape index (κ1) is 22.3. The molecule has 8 nitrogen and oxygen atoms in total. The molecule has 0 aliphatic heterocycles. The van der Waals surface area contributed by atoms with Crippen LogP contribution >= 0.6 is 11.8 Å². The van der Waals surface area contributed by atoms with E-state index in [1.165, 1.54) is 0 Å². The summed E-state index contributed by atoms with van der Waals surface area (Å²) < 4.78 is 7.58. The van der Waals surface area contributed by atoms with Gasteiger partial charge >= 0.3 is 0 Å². The molecule has 28 heavy (non-hydrogen) atoms. The third kappa shape index (κ3) is 6.54. The van der Waals surface area contributed by atoms with Gasteiger partial charge in [-0.3, -0.25) is 4.99 Å². The van der Waals surface area contributed by atoms with Gasteiger partial charge in [-0.2, -0.15) is 0 Å². The van der Waals surface area contributed by atoms with Crippen LogP contribution in [0.25, 0.3) is 0 Å². The maximum absolute atomic E-state index is 5.35. The van der Waals surface area contributed by atoms with Gasteiger partial charge in [0, 0.05) is 32.6 Å². The van der Waals surface area contributed by atoms with Crippen LogP contribution in [0.1, 0.15) is 57.3 Å². The molecule has 0 fully saturated rings. The first-order chi connectivity index (χ1) is 13.4. The van der Waals surface area contributed by atoms with Crippen molar-refractivity contribution in [2.45, 2.75) is 64.7 Å². The monoisotopic (exact) mass is 407 g/mol. The lowest BCUT2D eigenvalue weighted by molar-refractivity contribution is 0.372. The van der Waals surface area contributed by atoms with Crippen LogP contribution in [0.3, 0.4) is 0 Å². The molecule has 2 aromatic rings. The fraction of sp³-hybridized carbons (Fsp3) is 0.684. The number of hydrogen-bond acceptors (Lipinski definition) is 6. The molecule has 2 rings (SSSR count). The number of guanidine groups is 1. The van der Waals surface area contributed by atoms with Crippen molar-refractivity contribution in [3.63, 3.8) is 0 Å². The molecule has 0 spiro atoms. The average Bonchev–Trinajstić information content (AvgIpc) is 3.28. The van der Waals surface area contributed by atoms with Gasteiger partial charge in [0.2, 0.25) is 0 Å². The van der Waals surface area contributed by atoms with Crippen LogP contribution in [0.4, 0.5) is 0 Å². The molecule has 2 N–H and O–H groups in total. The summed E-state index contributed by atoms with van der Waals surface area (Å²) in [5.74, 6) is 3.52. The molecule has 0 aliphatic carbocycles. The predicted molar refractivity (Wildman–Crippen MR) is 114 cm³/mol. The van der Waals surface area contributed by atoms with Crippen LogP contribution in [-0.2, 0) is 19.5 Å². The second-order valence-electron chi connectivity index (χ2n) is 7.44. The number of thioether (sulfide) groups is 1. The molecular weight excluding hydrogens is 374 g/mol. The molecule has 0 saturated carbocycles. The summed E-state index contributed by atoms with van der Waals surface area (Å²) in [6.45, 7) is 10.9. The van der Waals surface area contributed by atoms with E-state index in [0.717, 1.165) is 54.3 Å². The lowest BCUT2D eigenvalue weighted by Gasteiger charge is -2.13. The summed E-state index contributed by atoms with van der Waals surface area (Å²) >= 11 is 1.64. The van der Waals surface area contributed by atoms with Gasteiger partial charge in [0.15, 0.2) is 16.9 Å². The van der Waals surface area contributed by atoms with Crippen molar-refractivity contribution < 1.29 is 4.52 Å². The van der Waals surface area contributed by atoms with Crippen molar-refractivity contribution in [1.82, 2.24) is 30.6 Å². The van der Waals surface area contributed by atoms with Gasteiger partial charge in [-0.05, 0) is 24.5 Å². The predicted octanol–water partition coefficient (Wildman–Crippen LogP) is 3.07. The van der Waals surface area contributed by atoms with E-state index in [4.69, 9.17) is 4.52 Å². The highest BCUT2D eigenvalue weighted by Crippen LogP contribution is 2.16. The molecule has 0 aliphatic rings. The number of aliphatic imine (C=N–C) groups is 1. The van der Waals surface area contributed by atoms with E-state index in [0.29, 0.717) is 18.4 Å². The molecule has 0 atom stereocenters. The lowest BCUT2D eigenvalue weighted by atomic mass is 10.1. The Hall–Kier alpha value is -2.03. The molecule has 0 unspecified atom stereocenters. The van der Waals surface area contributed by atoms with E-state index < -0.39 is 0 Å². The van der Waals surface area contributed by atoms with Crippen LogP contribution in [0.15, 0.2) is 20.7 Å². The quantitative estimate of drug-likeness (QED) is 0.271. The Morgan fingerprint density at radius 2 is 2.04 bits per heavy atom. The number of aromatic nitrogens is 4. The Morgan fingerprint density at radius 1 is 1.25 bits per heavy atom. The second kappa shape index (κ2) is 11.1. The summed E-state index contributed by atoms with van der Waals surface area (Å²) in [5.41, 5.74) is 0.967. The van der Waals surface area contributed by atoms with Gasteiger partial charge in [0.1, 0.15) is 5.82 Å². The highest BCUT2D eigenvalue weighted by Gasteiger charge is 2.12. The third-order valence-corrected chi connectivity index (χ3v) is 4.88. The zero-order valence-corrected chi connectivity index (χ0v) is 18.6. The van der Waals surface area contributed by atoms with Crippen LogP contribution in [0, 0.1) is 5.92 Å². The molecule has 156 valence electrons. The summed E-state index contributed by atoms with van der Waals surface area (Å²) in [6, 6.07) is 1.98. The fourth-order valence-electron chi connectivity index (χ4n) is 2.73. The molecule has 0 saturated heterocycles. The van der Waals surface area contributed by atoms with Gasteiger partial charge in [0.25, 0.3) is 0 Å². The Kier molecular flexibility index (Phi) is 8.82. The van der Waals surface area contributed by atoms with Crippen LogP contribution in [0.2, 0.25) is 0 Å². The molecule has 2 aromatic heterocycles. The first-order valence-corrected chi connectivity index (χ1v) is 11.0. The molecular formula is C19H33N7OS. The minimum atomic E-state index is 0.360. The zero-order valence-electron chi connectivity index (χ0n) is 17.8. The van der Waals surface area contributed by atoms with Gasteiger partial charge in [-0.1, -0.05) is 44.6 Å². The SMILES string of the molecule is CN=C(NCCCc1nnc(SC)n1CC(C)C)NCc1cc(C(C)C)no1. The Balaban J connectivity index is 1.78. The molecule has 0 radical (unpaired) electrons. The topological polar surface area (TPSA) is 93.2 Å². The average molecular weight is 408 g/mol. The maximum Gasteiger partial charge on any atom is 0.191 e. The summed E-state index contributed by atoms with van der Waals surface area (Å²) in [7, 11) is 1.76. The Labute approximate surface area is 172 Å². The van der Waals surface area contributed by atoms with E-state index in [1.807, 2.05) is 12.3 Å². The van der Waals surface area contributed by atoms with Gasteiger partial charge < -0.3 is 19.7 Å². The first-order valence-electron chi connectivity index (χ1n) is 9.80. The Morgan fingerprint density at radius 3 is 2.64 bits per heavy atom.